The van der Waals surface area contributed by atoms with Crippen LogP contribution in [0.3, 0.4) is 0 Å². The highest BCUT2D eigenvalue weighted by atomic mass is 16.5. The first kappa shape index (κ1) is 7.59. The smallest absolute Gasteiger partial charge is 0.166 e. The summed E-state index contributed by atoms with van der Waals surface area (Å²) in [5.74, 6) is -2.05. The van der Waals surface area contributed by atoms with Gasteiger partial charge in [0.15, 0.2) is 5.79 Å². The molecular formula is C5H10O3. The van der Waals surface area contributed by atoms with E-state index in [9.17, 15) is 4.79 Å². The third-order valence-electron chi connectivity index (χ3n) is 0.584. The molecule has 0 heterocycles. The van der Waals surface area contributed by atoms with Crippen LogP contribution in [0.25, 0.3) is 0 Å². The molecule has 0 amide bonds. The second-order valence-electron chi connectivity index (χ2n) is 2.10. The summed E-state index contributed by atoms with van der Waals surface area (Å²) in [5, 5.41) is 17.0. The van der Waals surface area contributed by atoms with Crippen LogP contribution >= 0.6 is 0 Å². The van der Waals surface area contributed by atoms with Crippen molar-refractivity contribution in [1.29, 1.82) is 0 Å². The topological polar surface area (TPSA) is 57.5 Å². The number of carbonyl (C=O) groups is 1. The molecule has 0 aliphatic carbocycles. The summed E-state index contributed by atoms with van der Waals surface area (Å²) in [7, 11) is 0. The standard InChI is InChI=1S/C5H10O3/c1-4(6)3-5(2,7)8/h7-8H,3H2,1-2H3. The van der Waals surface area contributed by atoms with E-state index in [1.807, 2.05) is 0 Å². The van der Waals surface area contributed by atoms with Crippen LogP contribution < -0.4 is 0 Å². The van der Waals surface area contributed by atoms with E-state index < -0.39 is 5.79 Å². The van der Waals surface area contributed by atoms with Crippen molar-refractivity contribution < 1.29 is 15.0 Å². The molecule has 0 unspecified atom stereocenters. The van der Waals surface area contributed by atoms with Crippen molar-refractivity contribution in [1.82, 2.24) is 0 Å². The molecule has 0 aromatic carbocycles. The molecular weight excluding hydrogens is 108 g/mol. The molecule has 0 radical (unpaired) electrons. The number of ketones is 1. The van der Waals surface area contributed by atoms with Gasteiger partial charge >= 0.3 is 0 Å². The molecule has 48 valence electrons. The summed E-state index contributed by atoms with van der Waals surface area (Å²) < 4.78 is 0. The average Bonchev–Trinajstić information content (AvgIpc) is 1.21. The molecule has 0 bridgehead atoms. The predicted molar refractivity (Wildman–Crippen MR) is 28.1 cm³/mol. The van der Waals surface area contributed by atoms with E-state index in [-0.39, 0.29) is 12.2 Å². The van der Waals surface area contributed by atoms with Crippen molar-refractivity contribution in [3.8, 4) is 0 Å². The van der Waals surface area contributed by atoms with Gasteiger partial charge in [0.05, 0.1) is 6.42 Å². The van der Waals surface area contributed by atoms with Crippen LogP contribution in [0.2, 0.25) is 0 Å². The Bertz CT molecular complexity index is 90.3. The Morgan fingerprint density at radius 1 is 1.62 bits per heavy atom. The van der Waals surface area contributed by atoms with Crippen LogP contribution in [0, 0.1) is 0 Å². The van der Waals surface area contributed by atoms with Gasteiger partial charge in [0.2, 0.25) is 0 Å². The van der Waals surface area contributed by atoms with E-state index in [0.717, 1.165) is 0 Å². The normalized spacial score (nSPS) is 11.5. The van der Waals surface area contributed by atoms with E-state index in [1.54, 1.807) is 0 Å². The highest BCUT2D eigenvalue weighted by molar-refractivity contribution is 5.76. The van der Waals surface area contributed by atoms with Crippen molar-refractivity contribution in [3.63, 3.8) is 0 Å². The third-order valence-corrected chi connectivity index (χ3v) is 0.584. The van der Waals surface area contributed by atoms with Gasteiger partial charge in [0.1, 0.15) is 5.78 Å². The zero-order valence-electron chi connectivity index (χ0n) is 5.01. The Hall–Kier alpha value is -0.410. The van der Waals surface area contributed by atoms with Crippen LogP contribution in [0.4, 0.5) is 0 Å². The van der Waals surface area contributed by atoms with Gasteiger partial charge < -0.3 is 10.2 Å². The van der Waals surface area contributed by atoms with Gasteiger partial charge in [0, 0.05) is 0 Å². The Balaban J connectivity index is 3.55. The maximum absolute atomic E-state index is 10.1. The van der Waals surface area contributed by atoms with Crippen LogP contribution in [-0.4, -0.2) is 21.8 Å². The molecule has 3 nitrogen and oxygen atoms in total. The molecule has 2 N–H and O–H groups in total. The zero-order chi connectivity index (χ0) is 6.78. The fraction of sp³-hybridized carbons (Fsp3) is 0.800. The van der Waals surface area contributed by atoms with Crippen LogP contribution in [0.15, 0.2) is 0 Å². The highest BCUT2D eigenvalue weighted by Gasteiger charge is 2.16. The lowest BCUT2D eigenvalue weighted by atomic mass is 10.2. The average molecular weight is 118 g/mol. The van der Waals surface area contributed by atoms with Crippen molar-refractivity contribution in [2.75, 3.05) is 0 Å². The van der Waals surface area contributed by atoms with Gasteiger partial charge in [0.25, 0.3) is 0 Å². The van der Waals surface area contributed by atoms with Crippen molar-refractivity contribution in [3.05, 3.63) is 0 Å². The summed E-state index contributed by atoms with van der Waals surface area (Å²) >= 11 is 0. The monoisotopic (exact) mass is 118 g/mol. The second kappa shape index (κ2) is 2.24. The van der Waals surface area contributed by atoms with Crippen LogP contribution in [0.1, 0.15) is 20.3 Å². The maximum atomic E-state index is 10.1. The Labute approximate surface area is 47.9 Å². The first-order valence-electron chi connectivity index (χ1n) is 2.36. The van der Waals surface area contributed by atoms with Gasteiger partial charge in [-0.25, -0.2) is 0 Å². The summed E-state index contributed by atoms with van der Waals surface area (Å²) in [6.45, 7) is 2.49. The van der Waals surface area contributed by atoms with E-state index in [0.29, 0.717) is 0 Å². The minimum atomic E-state index is -1.83. The fourth-order valence-electron chi connectivity index (χ4n) is 0.472. The predicted octanol–water partition coefficient (Wildman–Crippen LogP) is -0.334. The van der Waals surface area contributed by atoms with Crippen molar-refractivity contribution in [2.45, 2.75) is 26.1 Å². The van der Waals surface area contributed by atoms with E-state index >= 15 is 0 Å². The lowest BCUT2D eigenvalue weighted by Crippen LogP contribution is -2.25. The molecule has 8 heavy (non-hydrogen) atoms. The number of carbonyl (C=O) groups excluding carboxylic acids is 1. The van der Waals surface area contributed by atoms with Gasteiger partial charge in [-0.1, -0.05) is 0 Å². The molecule has 0 aliphatic rings. The van der Waals surface area contributed by atoms with E-state index in [2.05, 4.69) is 0 Å². The lowest BCUT2D eigenvalue weighted by molar-refractivity contribution is -0.158. The molecule has 0 atom stereocenters. The molecule has 0 aliphatic heterocycles. The maximum Gasteiger partial charge on any atom is 0.166 e. The summed E-state index contributed by atoms with van der Waals surface area (Å²) in [4.78, 5) is 10.1. The van der Waals surface area contributed by atoms with Crippen molar-refractivity contribution >= 4 is 5.78 Å². The van der Waals surface area contributed by atoms with Crippen molar-refractivity contribution in [2.24, 2.45) is 0 Å². The van der Waals surface area contributed by atoms with Gasteiger partial charge in [-0.2, -0.15) is 0 Å². The minimum absolute atomic E-state index is 0.201. The molecule has 0 saturated heterocycles. The largest absolute Gasteiger partial charge is 0.365 e. The SMILES string of the molecule is CC(=O)CC(C)(O)O. The quantitative estimate of drug-likeness (QED) is 0.488. The summed E-state index contributed by atoms with van der Waals surface area (Å²) in [6.07, 6.45) is -0.201. The zero-order valence-corrected chi connectivity index (χ0v) is 5.01. The molecule has 0 aromatic rings. The molecule has 0 spiro atoms. The molecule has 0 fully saturated rings. The first-order chi connectivity index (χ1) is 3.42. The first-order valence-corrected chi connectivity index (χ1v) is 2.36. The number of hydrogen-bond acceptors (Lipinski definition) is 3. The Morgan fingerprint density at radius 2 is 2.00 bits per heavy atom. The van der Waals surface area contributed by atoms with E-state index in [4.69, 9.17) is 10.2 Å². The molecule has 0 aromatic heterocycles. The third kappa shape index (κ3) is 5.59. The number of Topliss-reactive ketones (excluding diaryl/α,β-unsaturated/α-hetero) is 1. The highest BCUT2D eigenvalue weighted by Crippen LogP contribution is 2.02. The Morgan fingerprint density at radius 3 is 2.00 bits per heavy atom. The van der Waals surface area contributed by atoms with Crippen LogP contribution in [0.5, 0.6) is 0 Å². The lowest BCUT2D eigenvalue weighted by Gasteiger charge is -2.11. The van der Waals surface area contributed by atoms with Gasteiger partial charge in [-0.05, 0) is 13.8 Å². The van der Waals surface area contributed by atoms with Gasteiger partial charge in [-0.15, -0.1) is 0 Å². The Kier molecular flexibility index (Phi) is 2.12. The number of aliphatic hydroxyl groups is 2. The van der Waals surface area contributed by atoms with E-state index in [1.165, 1.54) is 13.8 Å². The summed E-state index contributed by atoms with van der Waals surface area (Å²) in [5.41, 5.74) is 0. The number of rotatable bonds is 2. The summed E-state index contributed by atoms with van der Waals surface area (Å²) in [6, 6.07) is 0. The fourth-order valence-corrected chi connectivity index (χ4v) is 0.472. The number of hydrogen-bond donors (Lipinski definition) is 2. The van der Waals surface area contributed by atoms with Gasteiger partial charge in [-0.3, -0.25) is 4.79 Å². The molecule has 0 rings (SSSR count). The second-order valence-corrected chi connectivity index (χ2v) is 2.10. The minimum Gasteiger partial charge on any atom is -0.365 e. The molecule has 0 saturated carbocycles. The molecule has 3 heteroatoms. The van der Waals surface area contributed by atoms with Crippen LogP contribution in [-0.2, 0) is 4.79 Å².